The van der Waals surface area contributed by atoms with Crippen LogP contribution in [0.5, 0.6) is 5.75 Å². The van der Waals surface area contributed by atoms with Crippen molar-refractivity contribution >= 4 is 17.7 Å². The standard InChI is InChI=1S/C13H16N4O2S/c1-17-12(15-16-13(17)20-8-11(14)18)7-9-3-5-10(19-2)6-4-9/h3-6H,7-8H2,1-2H3,(H2,14,18). The van der Waals surface area contributed by atoms with Crippen molar-refractivity contribution in [1.82, 2.24) is 14.8 Å². The molecule has 1 aromatic heterocycles. The van der Waals surface area contributed by atoms with Crippen LogP contribution >= 0.6 is 11.8 Å². The van der Waals surface area contributed by atoms with E-state index in [-0.39, 0.29) is 11.7 Å². The number of primary amides is 1. The molecular weight excluding hydrogens is 276 g/mol. The molecule has 0 aliphatic heterocycles. The van der Waals surface area contributed by atoms with Crippen LogP contribution in [0.4, 0.5) is 0 Å². The van der Waals surface area contributed by atoms with Crippen LogP contribution in [0, 0.1) is 0 Å². The van der Waals surface area contributed by atoms with Crippen LogP contribution in [-0.2, 0) is 18.3 Å². The Morgan fingerprint density at radius 2 is 2.05 bits per heavy atom. The number of methoxy groups -OCH3 is 1. The number of ether oxygens (including phenoxy) is 1. The molecule has 0 spiro atoms. The van der Waals surface area contributed by atoms with E-state index in [9.17, 15) is 4.79 Å². The molecule has 0 aliphatic carbocycles. The molecule has 0 radical (unpaired) electrons. The zero-order valence-corrected chi connectivity index (χ0v) is 12.2. The summed E-state index contributed by atoms with van der Waals surface area (Å²) >= 11 is 1.29. The Bertz CT molecular complexity index is 595. The van der Waals surface area contributed by atoms with Gasteiger partial charge >= 0.3 is 0 Å². The summed E-state index contributed by atoms with van der Waals surface area (Å²) in [6, 6.07) is 7.80. The third-order valence-corrected chi connectivity index (χ3v) is 3.83. The first-order chi connectivity index (χ1) is 9.60. The second-order valence-electron chi connectivity index (χ2n) is 4.24. The van der Waals surface area contributed by atoms with Crippen molar-refractivity contribution in [2.75, 3.05) is 12.9 Å². The molecular formula is C13H16N4O2S. The zero-order chi connectivity index (χ0) is 14.5. The van der Waals surface area contributed by atoms with Crippen LogP contribution in [0.15, 0.2) is 29.4 Å². The van der Waals surface area contributed by atoms with E-state index in [0.717, 1.165) is 17.1 Å². The van der Waals surface area contributed by atoms with Crippen LogP contribution in [0.25, 0.3) is 0 Å². The second kappa shape index (κ2) is 6.42. The number of carbonyl (C=O) groups excluding carboxylic acids is 1. The van der Waals surface area contributed by atoms with E-state index in [0.29, 0.717) is 11.6 Å². The Hall–Kier alpha value is -2.02. The van der Waals surface area contributed by atoms with Gasteiger partial charge in [0.25, 0.3) is 0 Å². The third-order valence-electron chi connectivity index (χ3n) is 2.79. The quantitative estimate of drug-likeness (QED) is 0.803. The fourth-order valence-corrected chi connectivity index (χ4v) is 2.36. The third kappa shape index (κ3) is 3.51. The Kier molecular flexibility index (Phi) is 4.62. The number of hydrogen-bond donors (Lipinski definition) is 1. The average molecular weight is 292 g/mol. The Balaban J connectivity index is 2.07. The van der Waals surface area contributed by atoms with E-state index in [1.807, 2.05) is 35.9 Å². The van der Waals surface area contributed by atoms with E-state index in [4.69, 9.17) is 10.5 Å². The number of aromatic nitrogens is 3. The van der Waals surface area contributed by atoms with Gasteiger partial charge in [0.15, 0.2) is 5.16 Å². The van der Waals surface area contributed by atoms with Crippen molar-refractivity contribution in [2.45, 2.75) is 11.6 Å². The number of carbonyl (C=O) groups is 1. The minimum absolute atomic E-state index is 0.203. The molecule has 0 aliphatic rings. The first kappa shape index (κ1) is 14.4. The molecule has 106 valence electrons. The van der Waals surface area contributed by atoms with Gasteiger partial charge in [0.2, 0.25) is 5.91 Å². The van der Waals surface area contributed by atoms with Gasteiger partial charge < -0.3 is 15.0 Å². The van der Waals surface area contributed by atoms with Crippen molar-refractivity contribution in [2.24, 2.45) is 12.8 Å². The maximum absolute atomic E-state index is 10.8. The largest absolute Gasteiger partial charge is 0.497 e. The van der Waals surface area contributed by atoms with Crippen molar-refractivity contribution < 1.29 is 9.53 Å². The Morgan fingerprint density at radius 3 is 2.65 bits per heavy atom. The maximum atomic E-state index is 10.8. The van der Waals surface area contributed by atoms with E-state index in [1.54, 1.807) is 7.11 Å². The van der Waals surface area contributed by atoms with Gasteiger partial charge in [0, 0.05) is 13.5 Å². The van der Waals surface area contributed by atoms with Gasteiger partial charge in [-0.2, -0.15) is 0 Å². The molecule has 0 saturated carbocycles. The molecule has 2 rings (SSSR count). The lowest BCUT2D eigenvalue weighted by Gasteiger charge is -2.04. The summed E-state index contributed by atoms with van der Waals surface area (Å²) in [5.41, 5.74) is 6.24. The molecule has 0 fully saturated rings. The lowest BCUT2D eigenvalue weighted by Crippen LogP contribution is -2.13. The van der Waals surface area contributed by atoms with E-state index in [2.05, 4.69) is 10.2 Å². The summed E-state index contributed by atoms with van der Waals surface area (Å²) in [6.45, 7) is 0. The van der Waals surface area contributed by atoms with Gasteiger partial charge in [-0.25, -0.2) is 0 Å². The number of nitrogens with zero attached hydrogens (tertiary/aromatic N) is 3. The summed E-state index contributed by atoms with van der Waals surface area (Å²) < 4.78 is 6.99. The minimum atomic E-state index is -0.366. The van der Waals surface area contributed by atoms with Crippen molar-refractivity contribution in [3.63, 3.8) is 0 Å². The molecule has 1 amide bonds. The molecule has 0 saturated heterocycles. The number of nitrogens with two attached hydrogens (primary N) is 1. The Labute approximate surface area is 121 Å². The molecule has 0 atom stereocenters. The highest BCUT2D eigenvalue weighted by Gasteiger charge is 2.10. The number of benzene rings is 1. The van der Waals surface area contributed by atoms with Crippen molar-refractivity contribution in [3.05, 3.63) is 35.7 Å². The number of thioether (sulfide) groups is 1. The first-order valence-corrected chi connectivity index (χ1v) is 7.01. The van der Waals surface area contributed by atoms with Gasteiger partial charge in [-0.15, -0.1) is 10.2 Å². The highest BCUT2D eigenvalue weighted by Crippen LogP contribution is 2.18. The van der Waals surface area contributed by atoms with Gasteiger partial charge in [0.1, 0.15) is 11.6 Å². The summed E-state index contributed by atoms with van der Waals surface area (Å²) in [7, 11) is 3.52. The first-order valence-electron chi connectivity index (χ1n) is 6.02. The van der Waals surface area contributed by atoms with Gasteiger partial charge in [-0.1, -0.05) is 23.9 Å². The molecule has 0 unspecified atom stereocenters. The van der Waals surface area contributed by atoms with Crippen LogP contribution in [0.1, 0.15) is 11.4 Å². The minimum Gasteiger partial charge on any atom is -0.497 e. The number of hydrogen-bond acceptors (Lipinski definition) is 5. The van der Waals surface area contributed by atoms with Crippen LogP contribution in [-0.4, -0.2) is 33.5 Å². The summed E-state index contributed by atoms with van der Waals surface area (Å²) in [4.78, 5) is 10.8. The molecule has 2 N–H and O–H groups in total. The normalized spacial score (nSPS) is 10.5. The van der Waals surface area contributed by atoms with Crippen LogP contribution in [0.2, 0.25) is 0 Å². The zero-order valence-electron chi connectivity index (χ0n) is 11.4. The number of amides is 1. The fraction of sp³-hybridized carbons (Fsp3) is 0.308. The average Bonchev–Trinajstić information content (AvgIpc) is 2.78. The van der Waals surface area contributed by atoms with E-state index >= 15 is 0 Å². The van der Waals surface area contributed by atoms with E-state index < -0.39 is 0 Å². The summed E-state index contributed by atoms with van der Waals surface area (Å²) in [6.07, 6.45) is 0.671. The predicted octanol–water partition coefficient (Wildman–Crippen LogP) is 0.992. The van der Waals surface area contributed by atoms with Gasteiger partial charge in [-0.05, 0) is 17.7 Å². The second-order valence-corrected chi connectivity index (χ2v) is 5.18. The Morgan fingerprint density at radius 1 is 1.35 bits per heavy atom. The van der Waals surface area contributed by atoms with Gasteiger partial charge in [-0.3, -0.25) is 4.79 Å². The summed E-state index contributed by atoms with van der Waals surface area (Å²) in [5.74, 6) is 1.50. The smallest absolute Gasteiger partial charge is 0.227 e. The molecule has 6 nitrogen and oxygen atoms in total. The molecule has 7 heteroatoms. The van der Waals surface area contributed by atoms with Crippen molar-refractivity contribution in [1.29, 1.82) is 0 Å². The summed E-state index contributed by atoms with van der Waals surface area (Å²) in [5, 5.41) is 8.89. The van der Waals surface area contributed by atoms with E-state index in [1.165, 1.54) is 11.8 Å². The lowest BCUT2D eigenvalue weighted by molar-refractivity contribution is -0.115. The van der Waals surface area contributed by atoms with Crippen molar-refractivity contribution in [3.8, 4) is 5.75 Å². The maximum Gasteiger partial charge on any atom is 0.227 e. The lowest BCUT2D eigenvalue weighted by atomic mass is 10.1. The fourth-order valence-electron chi connectivity index (χ4n) is 1.69. The highest BCUT2D eigenvalue weighted by atomic mass is 32.2. The van der Waals surface area contributed by atoms with Gasteiger partial charge in [0.05, 0.1) is 12.9 Å². The highest BCUT2D eigenvalue weighted by molar-refractivity contribution is 7.99. The molecule has 1 heterocycles. The molecule has 0 bridgehead atoms. The van der Waals surface area contributed by atoms with Crippen LogP contribution < -0.4 is 10.5 Å². The van der Waals surface area contributed by atoms with Crippen LogP contribution in [0.3, 0.4) is 0 Å². The topological polar surface area (TPSA) is 83.0 Å². The SMILES string of the molecule is COc1ccc(Cc2nnc(SCC(N)=O)n2C)cc1. The molecule has 2 aromatic rings. The predicted molar refractivity (Wildman–Crippen MR) is 76.7 cm³/mol. The monoisotopic (exact) mass is 292 g/mol. The molecule has 1 aromatic carbocycles. The number of rotatable bonds is 6. The molecule has 20 heavy (non-hydrogen) atoms.